The smallest absolute Gasteiger partial charge is 0.243 e. The number of para-hydroxylation sites is 1. The van der Waals surface area contributed by atoms with Crippen LogP contribution in [0.2, 0.25) is 0 Å². The molecule has 6 heteroatoms. The third kappa shape index (κ3) is 3.52. The molecule has 5 nitrogen and oxygen atoms in total. The molecular weight excluding hydrogens is 300 g/mol. The molecule has 0 unspecified atom stereocenters. The molecule has 0 atom stereocenters. The number of benzene rings is 2. The summed E-state index contributed by atoms with van der Waals surface area (Å²) in [5.41, 5.74) is 0.720. The Kier molecular flexibility index (Phi) is 4.95. The quantitative estimate of drug-likeness (QED) is 0.847. The fourth-order valence-corrected chi connectivity index (χ4v) is 3.09. The van der Waals surface area contributed by atoms with E-state index in [0.717, 1.165) is 9.99 Å². The minimum Gasteiger partial charge on any atom is -0.314 e. The van der Waals surface area contributed by atoms with Crippen molar-refractivity contribution in [1.29, 1.82) is 0 Å². The number of anilines is 1. The molecule has 0 aliphatic heterocycles. The molecule has 0 bridgehead atoms. The molecule has 2 aromatic rings. The lowest BCUT2D eigenvalue weighted by Gasteiger charge is -2.22. The molecule has 0 aromatic heterocycles. The van der Waals surface area contributed by atoms with Gasteiger partial charge < -0.3 is 4.90 Å². The van der Waals surface area contributed by atoms with E-state index in [1.54, 1.807) is 37.4 Å². The number of likely N-dealkylation sites (N-methyl/N-ethyl adjacent to an activating group) is 2. The Morgan fingerprint density at radius 1 is 0.909 bits per heavy atom. The van der Waals surface area contributed by atoms with Gasteiger partial charge in [0.05, 0.1) is 11.4 Å². The number of hydrogen-bond donors (Lipinski definition) is 0. The van der Waals surface area contributed by atoms with Crippen LogP contribution in [0.25, 0.3) is 0 Å². The molecular formula is C16H18N2O3S. The molecule has 22 heavy (non-hydrogen) atoms. The van der Waals surface area contributed by atoms with Gasteiger partial charge in [-0.2, -0.15) is 4.31 Å². The molecule has 0 fully saturated rings. The third-order valence-corrected chi connectivity index (χ3v) is 5.14. The van der Waals surface area contributed by atoms with Crippen LogP contribution in [0.4, 0.5) is 5.69 Å². The number of carbonyl (C=O) groups excluding carboxylic acids is 1. The molecule has 0 saturated heterocycles. The van der Waals surface area contributed by atoms with Gasteiger partial charge in [0.15, 0.2) is 0 Å². The summed E-state index contributed by atoms with van der Waals surface area (Å²) in [6.07, 6.45) is 0. The molecule has 0 N–H and O–H groups in total. The Hall–Kier alpha value is -2.18. The molecule has 0 aliphatic carbocycles. The van der Waals surface area contributed by atoms with Gasteiger partial charge in [0.2, 0.25) is 15.9 Å². The summed E-state index contributed by atoms with van der Waals surface area (Å²) < 4.78 is 25.8. The maximum absolute atomic E-state index is 12.4. The van der Waals surface area contributed by atoms with Gasteiger partial charge in [-0.1, -0.05) is 36.4 Å². The monoisotopic (exact) mass is 318 g/mol. The van der Waals surface area contributed by atoms with Gasteiger partial charge >= 0.3 is 0 Å². The lowest BCUT2D eigenvalue weighted by atomic mass is 10.3. The molecule has 0 radical (unpaired) electrons. The normalized spacial score (nSPS) is 11.4. The highest BCUT2D eigenvalue weighted by molar-refractivity contribution is 7.89. The van der Waals surface area contributed by atoms with Crippen molar-refractivity contribution in [3.05, 3.63) is 60.7 Å². The molecule has 116 valence electrons. The summed E-state index contributed by atoms with van der Waals surface area (Å²) in [6, 6.07) is 17.2. The van der Waals surface area contributed by atoms with Crippen LogP contribution in [0.1, 0.15) is 0 Å². The zero-order valence-corrected chi connectivity index (χ0v) is 13.3. The highest BCUT2D eigenvalue weighted by Gasteiger charge is 2.24. The predicted molar refractivity (Wildman–Crippen MR) is 86.1 cm³/mol. The number of hydrogen-bond acceptors (Lipinski definition) is 3. The zero-order chi connectivity index (χ0) is 16.2. The van der Waals surface area contributed by atoms with Gasteiger partial charge in [-0.3, -0.25) is 4.79 Å². The Morgan fingerprint density at radius 2 is 1.41 bits per heavy atom. The van der Waals surface area contributed by atoms with E-state index < -0.39 is 10.0 Å². The second-order valence-electron chi connectivity index (χ2n) is 4.86. The van der Waals surface area contributed by atoms with Crippen LogP contribution < -0.4 is 4.90 Å². The molecule has 0 saturated carbocycles. The minimum absolute atomic E-state index is 0.174. The first-order valence-corrected chi connectivity index (χ1v) is 8.20. The first-order valence-electron chi connectivity index (χ1n) is 6.76. The van der Waals surface area contributed by atoms with Crippen LogP contribution in [-0.2, 0) is 14.8 Å². The van der Waals surface area contributed by atoms with Crippen LogP contribution in [0, 0.1) is 0 Å². The summed E-state index contributed by atoms with van der Waals surface area (Å²) in [4.78, 5) is 13.9. The first kappa shape index (κ1) is 16.2. The van der Waals surface area contributed by atoms with Gasteiger partial charge in [0.25, 0.3) is 0 Å². The first-order chi connectivity index (χ1) is 10.4. The fourth-order valence-electron chi connectivity index (χ4n) is 1.95. The van der Waals surface area contributed by atoms with Crippen molar-refractivity contribution < 1.29 is 13.2 Å². The molecule has 0 aliphatic rings. The van der Waals surface area contributed by atoms with Crippen LogP contribution in [-0.4, -0.2) is 39.3 Å². The van der Waals surface area contributed by atoms with Crippen LogP contribution in [0.3, 0.4) is 0 Å². The molecule has 0 heterocycles. The van der Waals surface area contributed by atoms with E-state index in [-0.39, 0.29) is 17.3 Å². The van der Waals surface area contributed by atoms with E-state index in [1.165, 1.54) is 24.1 Å². The number of amides is 1. The van der Waals surface area contributed by atoms with Crippen molar-refractivity contribution in [3.63, 3.8) is 0 Å². The average Bonchev–Trinajstić information content (AvgIpc) is 2.55. The van der Waals surface area contributed by atoms with Crippen molar-refractivity contribution >= 4 is 21.6 Å². The fraction of sp³-hybridized carbons (Fsp3) is 0.188. The van der Waals surface area contributed by atoms with Gasteiger partial charge in [-0.05, 0) is 24.3 Å². The third-order valence-electron chi connectivity index (χ3n) is 3.33. The van der Waals surface area contributed by atoms with E-state index >= 15 is 0 Å². The highest BCUT2D eigenvalue weighted by Crippen LogP contribution is 2.15. The molecule has 2 aromatic carbocycles. The van der Waals surface area contributed by atoms with Crippen molar-refractivity contribution in [2.45, 2.75) is 4.90 Å². The van der Waals surface area contributed by atoms with Crippen molar-refractivity contribution in [2.24, 2.45) is 0 Å². The molecule has 0 spiro atoms. The lowest BCUT2D eigenvalue weighted by Crippen LogP contribution is -2.39. The maximum Gasteiger partial charge on any atom is 0.243 e. The Bertz CT molecular complexity index is 731. The van der Waals surface area contributed by atoms with E-state index in [1.807, 2.05) is 18.2 Å². The zero-order valence-electron chi connectivity index (χ0n) is 12.5. The van der Waals surface area contributed by atoms with E-state index in [4.69, 9.17) is 0 Å². The molecule has 2 rings (SSSR count). The summed E-state index contributed by atoms with van der Waals surface area (Å²) in [5, 5.41) is 0. The SMILES string of the molecule is CN(C(=O)CN(C)S(=O)(=O)c1ccccc1)c1ccccc1. The summed E-state index contributed by atoms with van der Waals surface area (Å²) in [7, 11) is -0.636. The lowest BCUT2D eigenvalue weighted by molar-refractivity contribution is -0.118. The van der Waals surface area contributed by atoms with E-state index in [2.05, 4.69) is 0 Å². The standard InChI is InChI=1S/C16H18N2O3S/c1-17(22(20,21)15-11-7-4-8-12-15)13-16(19)18(2)14-9-5-3-6-10-14/h3-12H,13H2,1-2H3. The van der Waals surface area contributed by atoms with Gasteiger partial charge in [-0.15, -0.1) is 0 Å². The van der Waals surface area contributed by atoms with Gasteiger partial charge in [0, 0.05) is 19.8 Å². The second-order valence-corrected chi connectivity index (χ2v) is 6.91. The number of rotatable bonds is 5. The van der Waals surface area contributed by atoms with Gasteiger partial charge in [-0.25, -0.2) is 8.42 Å². The maximum atomic E-state index is 12.4. The Labute approximate surface area is 130 Å². The molecule has 1 amide bonds. The van der Waals surface area contributed by atoms with Crippen molar-refractivity contribution in [2.75, 3.05) is 25.5 Å². The van der Waals surface area contributed by atoms with Crippen LogP contribution in [0.15, 0.2) is 65.6 Å². The second kappa shape index (κ2) is 6.72. The minimum atomic E-state index is -3.66. The topological polar surface area (TPSA) is 57.7 Å². The average molecular weight is 318 g/mol. The number of carbonyl (C=O) groups is 1. The predicted octanol–water partition coefficient (Wildman–Crippen LogP) is 1.97. The van der Waals surface area contributed by atoms with Crippen molar-refractivity contribution in [3.8, 4) is 0 Å². The Morgan fingerprint density at radius 3 is 1.95 bits per heavy atom. The van der Waals surface area contributed by atoms with E-state index in [9.17, 15) is 13.2 Å². The van der Waals surface area contributed by atoms with Gasteiger partial charge in [0.1, 0.15) is 0 Å². The summed E-state index contributed by atoms with van der Waals surface area (Å²) in [5.74, 6) is -0.298. The van der Waals surface area contributed by atoms with E-state index in [0.29, 0.717) is 0 Å². The van der Waals surface area contributed by atoms with Crippen LogP contribution >= 0.6 is 0 Å². The van der Waals surface area contributed by atoms with Crippen LogP contribution in [0.5, 0.6) is 0 Å². The Balaban J connectivity index is 2.12. The summed E-state index contributed by atoms with van der Waals surface area (Å²) >= 11 is 0. The largest absolute Gasteiger partial charge is 0.314 e. The summed E-state index contributed by atoms with van der Waals surface area (Å²) in [6.45, 7) is -0.220. The van der Waals surface area contributed by atoms with Crippen molar-refractivity contribution in [1.82, 2.24) is 4.31 Å². The highest BCUT2D eigenvalue weighted by atomic mass is 32.2. The number of sulfonamides is 1. The number of nitrogens with zero attached hydrogens (tertiary/aromatic N) is 2.